The average Bonchev–Trinajstić information content (AvgIpc) is 3.54. The molecule has 1 fully saturated rings. The first kappa shape index (κ1) is 18.4. The summed E-state index contributed by atoms with van der Waals surface area (Å²) in [6.45, 7) is 0.694. The number of ether oxygens (including phenoxy) is 2. The van der Waals surface area contributed by atoms with E-state index >= 15 is 0 Å². The predicted molar refractivity (Wildman–Crippen MR) is 105 cm³/mol. The van der Waals surface area contributed by atoms with Crippen molar-refractivity contribution in [2.75, 3.05) is 25.6 Å². The van der Waals surface area contributed by atoms with E-state index in [0.717, 1.165) is 29.4 Å². The van der Waals surface area contributed by atoms with Gasteiger partial charge in [-0.25, -0.2) is 4.39 Å². The van der Waals surface area contributed by atoms with Crippen LogP contribution in [0.25, 0.3) is 10.9 Å². The first-order valence-electron chi connectivity index (χ1n) is 9.28. The predicted octanol–water partition coefficient (Wildman–Crippen LogP) is 4.53. The molecule has 0 radical (unpaired) electrons. The normalized spacial score (nSPS) is 13.5. The topological polar surface area (TPSA) is 60.5 Å². The summed E-state index contributed by atoms with van der Waals surface area (Å²) in [6.07, 6.45) is 2.18. The van der Waals surface area contributed by atoms with Crippen molar-refractivity contribution in [2.24, 2.45) is 0 Å². The number of hydrogen-bond acceptors (Lipinski definition) is 4. The Kier molecular flexibility index (Phi) is 5.21. The maximum absolute atomic E-state index is 13.8. The molecule has 0 spiro atoms. The minimum atomic E-state index is -0.451. The van der Waals surface area contributed by atoms with Crippen LogP contribution in [0.5, 0.6) is 5.75 Å². The number of halogens is 1. The van der Waals surface area contributed by atoms with E-state index in [4.69, 9.17) is 14.5 Å². The molecule has 1 saturated carbocycles. The quantitative estimate of drug-likeness (QED) is 0.612. The average molecular weight is 380 g/mol. The van der Waals surface area contributed by atoms with Gasteiger partial charge in [-0.3, -0.25) is 9.78 Å². The fourth-order valence-electron chi connectivity index (χ4n) is 3.12. The number of nitrogens with zero attached hydrogens (tertiary/aromatic N) is 1. The van der Waals surface area contributed by atoms with E-state index in [1.807, 2.05) is 30.3 Å². The summed E-state index contributed by atoms with van der Waals surface area (Å²) in [5.41, 5.74) is 2.53. The Morgan fingerprint density at radius 2 is 2.00 bits per heavy atom. The Balaban J connectivity index is 1.66. The maximum atomic E-state index is 13.8. The van der Waals surface area contributed by atoms with Crippen LogP contribution in [-0.4, -0.2) is 31.2 Å². The lowest BCUT2D eigenvalue weighted by Gasteiger charge is -2.14. The highest BCUT2D eigenvalue weighted by atomic mass is 19.1. The van der Waals surface area contributed by atoms with Crippen LogP contribution in [0.15, 0.2) is 48.5 Å². The molecule has 1 aromatic heterocycles. The standard InChI is InChI=1S/C22H21FN2O3/c1-27-10-11-28-21-9-8-15(23)12-20(21)25-22(26)17-13-19(14-6-7-14)24-18-5-3-2-4-16(17)18/h2-5,8-9,12-14H,6-7,10-11H2,1H3,(H,25,26). The van der Waals surface area contributed by atoms with E-state index in [1.54, 1.807) is 7.11 Å². The van der Waals surface area contributed by atoms with Crippen molar-refractivity contribution in [3.63, 3.8) is 0 Å². The van der Waals surface area contributed by atoms with Gasteiger partial charge < -0.3 is 14.8 Å². The molecule has 1 N–H and O–H groups in total. The Hall–Kier alpha value is -2.99. The van der Waals surface area contributed by atoms with Gasteiger partial charge in [0, 0.05) is 30.2 Å². The van der Waals surface area contributed by atoms with Gasteiger partial charge in [-0.05, 0) is 37.1 Å². The van der Waals surface area contributed by atoms with Crippen molar-refractivity contribution in [1.82, 2.24) is 4.98 Å². The summed E-state index contributed by atoms with van der Waals surface area (Å²) in [6, 6.07) is 13.5. The Morgan fingerprint density at radius 1 is 1.18 bits per heavy atom. The summed E-state index contributed by atoms with van der Waals surface area (Å²) in [4.78, 5) is 17.8. The summed E-state index contributed by atoms with van der Waals surface area (Å²) in [7, 11) is 1.57. The van der Waals surface area contributed by atoms with E-state index in [-0.39, 0.29) is 11.6 Å². The van der Waals surface area contributed by atoms with Gasteiger partial charge in [0.25, 0.3) is 5.91 Å². The number of pyridine rings is 1. The molecule has 28 heavy (non-hydrogen) atoms. The lowest BCUT2D eigenvalue weighted by atomic mass is 10.1. The van der Waals surface area contributed by atoms with Gasteiger partial charge in [0.05, 0.1) is 23.4 Å². The number of anilines is 1. The first-order chi connectivity index (χ1) is 13.7. The number of benzene rings is 2. The second-order valence-corrected chi connectivity index (χ2v) is 6.82. The zero-order valence-electron chi connectivity index (χ0n) is 15.6. The van der Waals surface area contributed by atoms with Crippen molar-refractivity contribution in [3.05, 3.63) is 65.6 Å². The molecular weight excluding hydrogens is 359 g/mol. The number of aromatic nitrogens is 1. The van der Waals surface area contributed by atoms with Crippen LogP contribution in [0, 0.1) is 5.82 Å². The summed E-state index contributed by atoms with van der Waals surface area (Å²) in [5, 5.41) is 3.57. The Bertz CT molecular complexity index is 1020. The molecule has 0 bridgehead atoms. The summed E-state index contributed by atoms with van der Waals surface area (Å²) < 4.78 is 24.4. The molecule has 2 aromatic carbocycles. The van der Waals surface area contributed by atoms with Crippen molar-refractivity contribution >= 4 is 22.5 Å². The molecule has 6 heteroatoms. The molecule has 0 atom stereocenters. The van der Waals surface area contributed by atoms with E-state index in [1.165, 1.54) is 18.2 Å². The molecule has 0 aliphatic heterocycles. The number of methoxy groups -OCH3 is 1. The van der Waals surface area contributed by atoms with Crippen LogP contribution >= 0.6 is 0 Å². The molecule has 4 rings (SSSR count). The van der Waals surface area contributed by atoms with Crippen molar-refractivity contribution in [2.45, 2.75) is 18.8 Å². The second-order valence-electron chi connectivity index (χ2n) is 6.82. The number of amides is 1. The van der Waals surface area contributed by atoms with Gasteiger partial charge in [-0.2, -0.15) is 0 Å². The highest BCUT2D eigenvalue weighted by molar-refractivity contribution is 6.12. The number of rotatable bonds is 7. The fraction of sp³-hybridized carbons (Fsp3) is 0.273. The molecule has 3 aromatic rings. The van der Waals surface area contributed by atoms with Crippen LogP contribution in [0.4, 0.5) is 10.1 Å². The molecule has 1 aliphatic rings. The third-order valence-corrected chi connectivity index (χ3v) is 4.71. The van der Waals surface area contributed by atoms with Crippen molar-refractivity contribution in [3.8, 4) is 5.75 Å². The molecule has 0 saturated heterocycles. The number of fused-ring (bicyclic) bond motifs is 1. The van der Waals surface area contributed by atoms with Gasteiger partial charge in [0.15, 0.2) is 0 Å². The monoisotopic (exact) mass is 380 g/mol. The van der Waals surface area contributed by atoms with Crippen molar-refractivity contribution in [1.29, 1.82) is 0 Å². The molecule has 1 aliphatic carbocycles. The third-order valence-electron chi connectivity index (χ3n) is 4.71. The highest BCUT2D eigenvalue weighted by Crippen LogP contribution is 2.40. The Morgan fingerprint density at radius 3 is 2.79 bits per heavy atom. The minimum Gasteiger partial charge on any atom is -0.489 e. The highest BCUT2D eigenvalue weighted by Gasteiger charge is 2.27. The zero-order chi connectivity index (χ0) is 19.5. The Labute approximate surface area is 162 Å². The molecular formula is C22H21FN2O3. The summed E-state index contributed by atoms with van der Waals surface area (Å²) >= 11 is 0. The lowest BCUT2D eigenvalue weighted by Crippen LogP contribution is -2.15. The van der Waals surface area contributed by atoms with E-state index < -0.39 is 5.82 Å². The van der Waals surface area contributed by atoms with Crippen LogP contribution in [-0.2, 0) is 4.74 Å². The molecule has 1 amide bonds. The number of hydrogen-bond donors (Lipinski definition) is 1. The van der Waals surface area contributed by atoms with E-state index in [9.17, 15) is 9.18 Å². The molecule has 0 unspecified atom stereocenters. The van der Waals surface area contributed by atoms with Crippen LogP contribution in [0.3, 0.4) is 0 Å². The number of carbonyl (C=O) groups excluding carboxylic acids is 1. The minimum absolute atomic E-state index is 0.287. The van der Waals surface area contributed by atoms with Crippen LogP contribution in [0.2, 0.25) is 0 Å². The lowest BCUT2D eigenvalue weighted by molar-refractivity contribution is 0.102. The largest absolute Gasteiger partial charge is 0.489 e. The van der Waals surface area contributed by atoms with Gasteiger partial charge in [0.2, 0.25) is 0 Å². The van der Waals surface area contributed by atoms with E-state index in [0.29, 0.717) is 30.4 Å². The maximum Gasteiger partial charge on any atom is 0.256 e. The SMILES string of the molecule is COCCOc1ccc(F)cc1NC(=O)c1cc(C2CC2)nc2ccccc12. The molecule has 144 valence electrons. The zero-order valence-corrected chi connectivity index (χ0v) is 15.6. The molecule has 1 heterocycles. The number of carbonyl (C=O) groups is 1. The van der Waals surface area contributed by atoms with Gasteiger partial charge in [0.1, 0.15) is 18.2 Å². The second kappa shape index (κ2) is 7.94. The van der Waals surface area contributed by atoms with Crippen LogP contribution < -0.4 is 10.1 Å². The number of nitrogens with one attached hydrogen (secondary N) is 1. The van der Waals surface area contributed by atoms with Gasteiger partial charge >= 0.3 is 0 Å². The van der Waals surface area contributed by atoms with E-state index in [2.05, 4.69) is 5.32 Å². The summed E-state index contributed by atoms with van der Waals surface area (Å²) in [5.74, 6) is 0.0428. The van der Waals surface area contributed by atoms with Gasteiger partial charge in [-0.15, -0.1) is 0 Å². The smallest absolute Gasteiger partial charge is 0.256 e. The fourth-order valence-corrected chi connectivity index (χ4v) is 3.12. The van der Waals surface area contributed by atoms with Gasteiger partial charge in [-0.1, -0.05) is 18.2 Å². The number of para-hydroxylation sites is 1. The van der Waals surface area contributed by atoms with Crippen LogP contribution in [0.1, 0.15) is 34.8 Å². The third kappa shape index (κ3) is 3.97. The molecule has 5 nitrogen and oxygen atoms in total. The van der Waals surface area contributed by atoms with Crippen molar-refractivity contribution < 1.29 is 18.7 Å². The first-order valence-corrected chi connectivity index (χ1v) is 9.28.